The van der Waals surface area contributed by atoms with Crippen LogP contribution in [0.5, 0.6) is 11.5 Å². The van der Waals surface area contributed by atoms with Gasteiger partial charge in [0.1, 0.15) is 11.5 Å². The van der Waals surface area contributed by atoms with Crippen molar-refractivity contribution in [2.45, 2.75) is 26.5 Å². The van der Waals surface area contributed by atoms with Gasteiger partial charge in [-0.15, -0.1) is 0 Å². The van der Waals surface area contributed by atoms with Crippen molar-refractivity contribution in [3.63, 3.8) is 0 Å². The van der Waals surface area contributed by atoms with Crippen LogP contribution in [0.15, 0.2) is 264 Å². The van der Waals surface area contributed by atoms with Crippen molar-refractivity contribution in [2.75, 3.05) is 4.90 Å². The SMILES string of the molecule is C1=CC2c3ccccc3C3(c4ccccc4Oc4ccccc43)C2C=C1N(c1ccccc1-c1ccccc1)c1cccc2c1-c1cc3ccccc3cc1C21c2ccccc2Sc2ccccc21. The molecule has 0 radical (unpaired) electrons. The second-order valence-corrected chi connectivity index (χ2v) is 20.1. The lowest BCUT2D eigenvalue weighted by Gasteiger charge is -2.44. The molecule has 2 nitrogen and oxygen atoms in total. The maximum atomic E-state index is 6.80. The fourth-order valence-electron chi connectivity index (χ4n) is 13.2. The first-order chi connectivity index (χ1) is 34.2. The van der Waals surface area contributed by atoms with Crippen LogP contribution in [0.1, 0.15) is 50.4 Å². The predicted octanol–water partition coefficient (Wildman–Crippen LogP) is 16.8. The Labute approximate surface area is 406 Å². The van der Waals surface area contributed by atoms with Gasteiger partial charge in [-0.2, -0.15) is 0 Å². The van der Waals surface area contributed by atoms with E-state index in [0.717, 1.165) is 28.6 Å². The fraction of sp³-hybridized carbons (Fsp3) is 0.0606. The molecule has 0 amide bonds. The molecule has 0 N–H and O–H groups in total. The zero-order valence-corrected chi connectivity index (χ0v) is 38.4. The Kier molecular flexibility index (Phi) is 8.29. The van der Waals surface area contributed by atoms with Crippen LogP contribution in [0.2, 0.25) is 0 Å². The quantitative estimate of drug-likeness (QED) is 0.175. The molecule has 2 atom stereocenters. The number of anilines is 2. The van der Waals surface area contributed by atoms with E-state index in [0.29, 0.717) is 0 Å². The summed E-state index contributed by atoms with van der Waals surface area (Å²) in [5, 5.41) is 2.48. The van der Waals surface area contributed by atoms with E-state index in [9.17, 15) is 0 Å². The van der Waals surface area contributed by atoms with Gasteiger partial charge in [-0.25, -0.2) is 0 Å². The molecule has 3 heteroatoms. The lowest BCUT2D eigenvalue weighted by molar-refractivity contribution is 0.373. The summed E-state index contributed by atoms with van der Waals surface area (Å²) in [6.45, 7) is 0. The third-order valence-corrected chi connectivity index (χ3v) is 17.0. The summed E-state index contributed by atoms with van der Waals surface area (Å²) in [4.78, 5) is 5.20. The minimum absolute atomic E-state index is 0.0287. The first kappa shape index (κ1) is 38.9. The maximum Gasteiger partial charge on any atom is 0.131 e. The van der Waals surface area contributed by atoms with Crippen molar-refractivity contribution < 1.29 is 4.74 Å². The van der Waals surface area contributed by atoms with Crippen molar-refractivity contribution in [2.24, 2.45) is 5.92 Å². The fourth-order valence-corrected chi connectivity index (χ4v) is 14.4. The van der Waals surface area contributed by atoms with Gasteiger partial charge in [-0.05, 0) is 110 Å². The maximum absolute atomic E-state index is 6.80. The number of fused-ring (bicyclic) bond motifs is 19. The van der Waals surface area contributed by atoms with E-state index in [4.69, 9.17) is 4.74 Å². The average molecular weight is 898 g/mol. The minimum atomic E-state index is -0.553. The van der Waals surface area contributed by atoms with E-state index in [2.05, 4.69) is 254 Å². The number of allylic oxidation sites excluding steroid dienone is 3. The van der Waals surface area contributed by atoms with E-state index in [1.165, 1.54) is 87.3 Å². The van der Waals surface area contributed by atoms with Crippen LogP contribution in [-0.4, -0.2) is 0 Å². The number of hydrogen-bond donors (Lipinski definition) is 0. The van der Waals surface area contributed by atoms with Gasteiger partial charge in [0.15, 0.2) is 0 Å². The van der Waals surface area contributed by atoms with E-state index in [1.807, 2.05) is 11.8 Å². The molecule has 0 fully saturated rings. The standard InChI is InChI=1S/C66H43NOS/c1-2-19-42(20-3-1)46-23-7-13-31-58(46)67(45-37-38-48-47-24-6-8-25-50(47)65(57(48)41-45)51-26-9-14-33-60(51)68-61-34-15-10-27-52(61)65)59-32-18-30-55-64(59)49-39-43-21-4-5-22-44(43)40-56(49)66(55)53-28-11-16-35-62(53)69-63-36-17-12-29-54(63)66/h1-41,48,57H. The van der Waals surface area contributed by atoms with Crippen molar-refractivity contribution in [1.82, 2.24) is 0 Å². The summed E-state index contributed by atoms with van der Waals surface area (Å²) in [5.74, 6) is 2.01. The number of hydrogen-bond acceptors (Lipinski definition) is 3. The van der Waals surface area contributed by atoms with Crippen LogP contribution in [0.25, 0.3) is 33.0 Å². The van der Waals surface area contributed by atoms with Crippen molar-refractivity contribution >= 4 is 33.9 Å². The first-order valence-electron chi connectivity index (χ1n) is 24.1. The van der Waals surface area contributed by atoms with Crippen LogP contribution < -0.4 is 9.64 Å². The first-order valence-corrected chi connectivity index (χ1v) is 24.9. The van der Waals surface area contributed by atoms with Gasteiger partial charge in [0, 0.05) is 49.6 Å². The highest BCUT2D eigenvalue weighted by Crippen LogP contribution is 2.67. The van der Waals surface area contributed by atoms with E-state index < -0.39 is 10.8 Å². The summed E-state index contributed by atoms with van der Waals surface area (Å²) >= 11 is 1.89. The molecule has 5 aliphatic rings. The van der Waals surface area contributed by atoms with Gasteiger partial charge in [-0.1, -0.05) is 206 Å². The second-order valence-electron chi connectivity index (χ2n) is 19.0. The highest BCUT2D eigenvalue weighted by Gasteiger charge is 2.57. The Morgan fingerprint density at radius 1 is 0.435 bits per heavy atom. The van der Waals surface area contributed by atoms with Crippen LogP contribution in [0, 0.1) is 5.92 Å². The van der Waals surface area contributed by atoms with E-state index >= 15 is 0 Å². The monoisotopic (exact) mass is 897 g/mol. The molecule has 2 spiro atoms. The Morgan fingerprint density at radius 2 is 1.00 bits per heavy atom. The lowest BCUT2D eigenvalue weighted by Crippen LogP contribution is -2.38. The second kappa shape index (κ2) is 14.7. The topological polar surface area (TPSA) is 12.5 Å². The van der Waals surface area contributed by atoms with Gasteiger partial charge in [0.05, 0.1) is 22.2 Å². The van der Waals surface area contributed by atoms with Crippen molar-refractivity contribution in [3.8, 4) is 33.8 Å². The van der Waals surface area contributed by atoms with Crippen LogP contribution in [-0.2, 0) is 10.8 Å². The van der Waals surface area contributed by atoms with Crippen LogP contribution >= 0.6 is 11.8 Å². The molecule has 69 heavy (non-hydrogen) atoms. The normalized spacial score (nSPS) is 17.6. The summed E-state index contributed by atoms with van der Waals surface area (Å²) in [6.07, 6.45) is 7.55. The molecule has 10 aromatic carbocycles. The van der Waals surface area contributed by atoms with Crippen molar-refractivity contribution in [1.29, 1.82) is 0 Å². The molecule has 324 valence electrons. The largest absolute Gasteiger partial charge is 0.457 e. The molecule has 0 bridgehead atoms. The third kappa shape index (κ3) is 5.23. The third-order valence-electron chi connectivity index (χ3n) is 15.8. The molecule has 2 unspecified atom stereocenters. The van der Waals surface area contributed by atoms with Crippen molar-refractivity contribution in [3.05, 3.63) is 299 Å². The Bertz CT molecular complexity index is 3750. The summed E-state index contributed by atoms with van der Waals surface area (Å²) in [7, 11) is 0. The van der Waals surface area contributed by atoms with E-state index in [1.54, 1.807) is 0 Å². The molecule has 3 aliphatic carbocycles. The number of benzene rings is 10. The molecule has 0 saturated heterocycles. The molecular formula is C66H43NOS. The zero-order chi connectivity index (χ0) is 45.3. The highest BCUT2D eigenvalue weighted by molar-refractivity contribution is 7.99. The lowest BCUT2D eigenvalue weighted by atomic mass is 9.61. The molecule has 15 rings (SSSR count). The highest BCUT2D eigenvalue weighted by atomic mass is 32.2. The summed E-state index contributed by atoms with van der Waals surface area (Å²) < 4.78 is 6.80. The summed E-state index contributed by atoms with van der Waals surface area (Å²) in [6, 6.07) is 85.9. The molecule has 2 aliphatic heterocycles. The Balaban J connectivity index is 1.05. The van der Waals surface area contributed by atoms with Gasteiger partial charge >= 0.3 is 0 Å². The number of ether oxygens (including phenoxy) is 1. The predicted molar refractivity (Wildman–Crippen MR) is 282 cm³/mol. The number of rotatable bonds is 4. The molecule has 0 aromatic heterocycles. The number of para-hydroxylation sites is 3. The van der Waals surface area contributed by atoms with Crippen LogP contribution in [0.3, 0.4) is 0 Å². The molecular weight excluding hydrogens is 855 g/mol. The van der Waals surface area contributed by atoms with Gasteiger partial charge in [0.2, 0.25) is 0 Å². The molecule has 10 aromatic rings. The molecule has 2 heterocycles. The van der Waals surface area contributed by atoms with Crippen LogP contribution in [0.4, 0.5) is 11.4 Å². The molecule has 0 saturated carbocycles. The van der Waals surface area contributed by atoms with Gasteiger partial charge in [-0.3, -0.25) is 0 Å². The smallest absolute Gasteiger partial charge is 0.131 e. The van der Waals surface area contributed by atoms with Gasteiger partial charge < -0.3 is 9.64 Å². The van der Waals surface area contributed by atoms with E-state index in [-0.39, 0.29) is 11.8 Å². The zero-order valence-electron chi connectivity index (χ0n) is 37.6. The summed E-state index contributed by atoms with van der Waals surface area (Å²) in [5.41, 5.74) is 17.7. The number of nitrogens with zero attached hydrogens (tertiary/aromatic N) is 1. The Morgan fingerprint density at radius 3 is 1.74 bits per heavy atom. The minimum Gasteiger partial charge on any atom is -0.457 e. The Hall–Kier alpha value is -8.11. The average Bonchev–Trinajstić information content (AvgIpc) is 3.86. The van der Waals surface area contributed by atoms with Gasteiger partial charge in [0.25, 0.3) is 0 Å².